The van der Waals surface area contributed by atoms with Gasteiger partial charge in [0.05, 0.1) is 70.0 Å². The van der Waals surface area contributed by atoms with E-state index in [0.29, 0.717) is 6.42 Å². The smallest absolute Gasteiger partial charge is 0.338 e. The number of ether oxygens (including phenoxy) is 10. The lowest BCUT2D eigenvalue weighted by Gasteiger charge is -2.42. The Morgan fingerprint density at radius 3 is 1.95 bits per heavy atom. The molecule has 0 spiro atoms. The standard InChI is InChI=1S/C43H60O22/c1-6-19-22(25(38(54)56-5)15-59-40(19)64-42-36(52)34(50)32(48)28(11-44)62-42)9-30(46)57-13-17(3)21-8-27-18(4)24(21)14-58-31(47)10-23-20(7-2)41(60-16-26(23)39(55)61-27)65-43-37(53)35(51)33(49)29(12-45)63-43/h6-7,15-18,21-24,27-29,32-37,40-45,48-53H,8-14H2,1-5H3/b19-6+,20-7+/t17-,18-,21+,22+,23+,24-,27-,28+,29+,32-,33-,34-,35+,36+,37+,40+,41+,42+,43+/m1/s1. The summed E-state index contributed by atoms with van der Waals surface area (Å²) in [7, 11) is 1.15. The van der Waals surface area contributed by atoms with Crippen molar-refractivity contribution in [3.63, 3.8) is 0 Å². The molecule has 5 heterocycles. The van der Waals surface area contributed by atoms with E-state index in [9.17, 15) is 60.0 Å². The number of aliphatic hydroxyl groups excluding tert-OH is 8. The fourth-order valence-corrected chi connectivity index (χ4v) is 9.33. The molecule has 0 amide bonds. The Kier molecular flexibility index (Phi) is 16.8. The molecule has 19 atom stereocenters. The first-order valence-corrected chi connectivity index (χ1v) is 21.5. The number of methoxy groups -OCH3 is 1. The highest BCUT2D eigenvalue weighted by Crippen LogP contribution is 2.46. The number of cyclic esters (lactones) is 1. The van der Waals surface area contributed by atoms with E-state index in [4.69, 9.17) is 47.4 Å². The van der Waals surface area contributed by atoms with E-state index in [1.165, 1.54) is 6.08 Å². The highest BCUT2D eigenvalue weighted by Gasteiger charge is 2.51. The van der Waals surface area contributed by atoms with Gasteiger partial charge in [0.2, 0.25) is 12.6 Å². The summed E-state index contributed by atoms with van der Waals surface area (Å²) in [6.07, 6.45) is -14.4. The van der Waals surface area contributed by atoms with Crippen molar-refractivity contribution in [3.8, 4) is 0 Å². The maximum atomic E-state index is 13.9. The Morgan fingerprint density at radius 2 is 1.40 bits per heavy atom. The lowest BCUT2D eigenvalue weighted by atomic mass is 9.83. The van der Waals surface area contributed by atoms with Crippen LogP contribution in [0.2, 0.25) is 0 Å². The second-order valence-corrected chi connectivity index (χ2v) is 17.0. The van der Waals surface area contributed by atoms with Crippen molar-refractivity contribution in [1.29, 1.82) is 0 Å². The Hall–Kier alpha value is -4.04. The lowest BCUT2D eigenvalue weighted by Crippen LogP contribution is -2.60. The molecule has 6 rings (SSSR count). The molecule has 0 aromatic heterocycles. The minimum atomic E-state index is -1.76. The highest BCUT2D eigenvalue weighted by atomic mass is 16.8. The summed E-state index contributed by atoms with van der Waals surface area (Å²) in [5, 5.41) is 81.3. The van der Waals surface area contributed by atoms with Crippen molar-refractivity contribution in [1.82, 2.24) is 0 Å². The van der Waals surface area contributed by atoms with Crippen LogP contribution in [0.15, 0.2) is 47.0 Å². The van der Waals surface area contributed by atoms with Crippen LogP contribution in [0, 0.1) is 35.5 Å². The molecule has 4 fully saturated rings. The van der Waals surface area contributed by atoms with Gasteiger partial charge in [-0.15, -0.1) is 0 Å². The van der Waals surface area contributed by atoms with E-state index >= 15 is 0 Å². The summed E-state index contributed by atoms with van der Waals surface area (Å²) < 4.78 is 56.6. The Labute approximate surface area is 373 Å². The Bertz CT molecular complexity index is 1840. The molecule has 0 aromatic rings. The van der Waals surface area contributed by atoms with Gasteiger partial charge in [-0.1, -0.05) is 26.0 Å². The van der Waals surface area contributed by atoms with Crippen molar-refractivity contribution in [3.05, 3.63) is 47.0 Å². The van der Waals surface area contributed by atoms with E-state index in [-0.39, 0.29) is 65.6 Å². The number of rotatable bonds is 12. The molecule has 22 nitrogen and oxygen atoms in total. The minimum absolute atomic E-state index is 0.00501. The van der Waals surface area contributed by atoms with Crippen LogP contribution in [-0.2, 0) is 66.5 Å². The molecular weight excluding hydrogens is 868 g/mol. The van der Waals surface area contributed by atoms with Gasteiger partial charge in [-0.2, -0.15) is 0 Å². The number of hydrogen-bond acceptors (Lipinski definition) is 22. The van der Waals surface area contributed by atoms with Gasteiger partial charge in [0.1, 0.15) is 54.9 Å². The van der Waals surface area contributed by atoms with Gasteiger partial charge in [0, 0.05) is 28.9 Å². The summed E-state index contributed by atoms with van der Waals surface area (Å²) in [5.74, 6) is -6.18. The molecule has 0 radical (unpaired) electrons. The first-order chi connectivity index (χ1) is 31.0. The SMILES string of the molecule is C/C=C1/[C@H](O[C@@H]2O[C@@H](CO)[C@@H](O)[C@H](O)[C@@H]2O)OC=C2C(=O)O[C@@H]3C[C@@H]([C@H](C)COC(=O)C[C@@H]4C(C(=O)OC)=CO[C@@H](O[C@@H]5O[C@@H](CO)[C@@H](O)[C@@H](O)[C@@H]5O)/C4=C/C)[C@H](COC(=O)C[C@H]21)[C@H]3C. The molecule has 65 heavy (non-hydrogen) atoms. The largest absolute Gasteiger partial charge is 0.468 e. The molecule has 3 saturated heterocycles. The van der Waals surface area contributed by atoms with Gasteiger partial charge in [0.15, 0.2) is 12.6 Å². The van der Waals surface area contributed by atoms with Crippen molar-refractivity contribution in [2.24, 2.45) is 35.5 Å². The van der Waals surface area contributed by atoms with Gasteiger partial charge in [-0.25, -0.2) is 9.59 Å². The fraction of sp³-hybridized carbons (Fsp3) is 0.721. The summed E-state index contributed by atoms with van der Waals surface area (Å²) in [4.78, 5) is 53.9. The summed E-state index contributed by atoms with van der Waals surface area (Å²) in [6, 6.07) is 0. The monoisotopic (exact) mass is 928 g/mol. The fourth-order valence-electron chi connectivity index (χ4n) is 9.33. The third kappa shape index (κ3) is 10.6. The average molecular weight is 929 g/mol. The van der Waals surface area contributed by atoms with E-state index in [0.717, 1.165) is 19.6 Å². The number of carbonyl (C=O) groups is 4. The van der Waals surface area contributed by atoms with Crippen LogP contribution < -0.4 is 0 Å². The molecule has 5 aliphatic heterocycles. The molecule has 364 valence electrons. The first-order valence-electron chi connectivity index (χ1n) is 21.5. The zero-order chi connectivity index (χ0) is 47.4. The second-order valence-electron chi connectivity index (χ2n) is 17.0. The first kappa shape index (κ1) is 50.4. The van der Waals surface area contributed by atoms with Crippen LogP contribution >= 0.6 is 0 Å². The molecule has 0 aromatic carbocycles. The zero-order valence-corrected chi connectivity index (χ0v) is 36.5. The van der Waals surface area contributed by atoms with Crippen LogP contribution in [0.4, 0.5) is 0 Å². The van der Waals surface area contributed by atoms with E-state index in [1.807, 2.05) is 13.8 Å². The predicted molar refractivity (Wildman–Crippen MR) is 213 cm³/mol. The number of aliphatic hydroxyl groups is 8. The summed E-state index contributed by atoms with van der Waals surface area (Å²) in [5.41, 5.74) is 0.476. The zero-order valence-electron chi connectivity index (χ0n) is 36.5. The quantitative estimate of drug-likeness (QED) is 0.0602. The lowest BCUT2D eigenvalue weighted by molar-refractivity contribution is -0.327. The minimum Gasteiger partial charge on any atom is -0.468 e. The van der Waals surface area contributed by atoms with Gasteiger partial charge >= 0.3 is 23.9 Å². The summed E-state index contributed by atoms with van der Waals surface area (Å²) >= 11 is 0. The molecule has 0 unspecified atom stereocenters. The normalized spacial score (nSPS) is 41.6. The van der Waals surface area contributed by atoms with Crippen LogP contribution in [0.5, 0.6) is 0 Å². The number of fused-ring (bicyclic) bond motifs is 3. The maximum Gasteiger partial charge on any atom is 0.338 e. The number of esters is 4. The van der Waals surface area contributed by atoms with Crippen molar-refractivity contribution in [2.75, 3.05) is 33.5 Å². The average Bonchev–Trinajstić information content (AvgIpc) is 3.60. The van der Waals surface area contributed by atoms with Gasteiger partial charge in [-0.05, 0) is 38.0 Å². The molecule has 1 saturated carbocycles. The Balaban J connectivity index is 1.11. The van der Waals surface area contributed by atoms with Gasteiger partial charge < -0.3 is 88.2 Å². The van der Waals surface area contributed by atoms with Crippen molar-refractivity contribution in [2.45, 2.75) is 127 Å². The van der Waals surface area contributed by atoms with Gasteiger partial charge in [-0.3, -0.25) is 9.59 Å². The van der Waals surface area contributed by atoms with Crippen LogP contribution in [-0.4, -0.2) is 178 Å². The highest BCUT2D eigenvalue weighted by molar-refractivity contribution is 5.91. The van der Waals surface area contributed by atoms with E-state index in [1.54, 1.807) is 19.9 Å². The third-order valence-electron chi connectivity index (χ3n) is 13.3. The van der Waals surface area contributed by atoms with E-state index < -0.39 is 135 Å². The van der Waals surface area contributed by atoms with Crippen molar-refractivity contribution >= 4 is 23.9 Å². The predicted octanol–water partition coefficient (Wildman–Crippen LogP) is -1.90. The molecular formula is C43H60O22. The third-order valence-corrected chi connectivity index (χ3v) is 13.3. The summed E-state index contributed by atoms with van der Waals surface area (Å²) in [6.45, 7) is 5.37. The number of hydrogen-bond donors (Lipinski definition) is 8. The van der Waals surface area contributed by atoms with Crippen LogP contribution in [0.1, 0.15) is 47.0 Å². The topological polar surface area (TPSA) is 322 Å². The molecule has 2 bridgehead atoms. The van der Waals surface area contributed by atoms with Crippen LogP contribution in [0.25, 0.3) is 0 Å². The van der Waals surface area contributed by atoms with E-state index in [2.05, 4.69) is 0 Å². The second kappa shape index (κ2) is 21.7. The van der Waals surface area contributed by atoms with Gasteiger partial charge in [0.25, 0.3) is 0 Å². The number of carbonyl (C=O) groups excluding carboxylic acids is 4. The molecule has 22 heteroatoms. The maximum absolute atomic E-state index is 13.9. The molecule has 1 aliphatic carbocycles. The number of allylic oxidation sites excluding steroid dienone is 2. The molecule has 8 N–H and O–H groups in total. The Morgan fingerprint density at radius 1 is 0.831 bits per heavy atom. The van der Waals surface area contributed by atoms with Crippen LogP contribution in [0.3, 0.4) is 0 Å². The molecule has 6 aliphatic rings. The van der Waals surface area contributed by atoms with Crippen molar-refractivity contribution < 1.29 is 107 Å².